The Morgan fingerprint density at radius 1 is 1.14 bits per heavy atom. The molecule has 2 aromatic rings. The fraction of sp³-hybridized carbons (Fsp3) is 0.273. The van der Waals surface area contributed by atoms with Crippen molar-refractivity contribution in [3.05, 3.63) is 70.3 Å². The maximum absolute atomic E-state index is 12.9. The van der Waals surface area contributed by atoms with Crippen LogP contribution in [-0.4, -0.2) is 49.1 Å². The molecule has 1 fully saturated rings. The SMILES string of the molecule is COCCCN1C(=O)C(=O)/C(=C(/O)c2ccc(OC)cc2)C1c1cccc(Cl)c1. The molecule has 1 N–H and O–H groups in total. The van der Waals surface area contributed by atoms with Crippen LogP contribution in [0.4, 0.5) is 0 Å². The van der Waals surface area contributed by atoms with Crippen LogP contribution in [0.25, 0.3) is 5.76 Å². The van der Waals surface area contributed by atoms with E-state index in [9.17, 15) is 14.7 Å². The van der Waals surface area contributed by atoms with E-state index in [4.69, 9.17) is 21.1 Å². The van der Waals surface area contributed by atoms with Crippen molar-refractivity contribution in [3.63, 3.8) is 0 Å². The van der Waals surface area contributed by atoms with Gasteiger partial charge in [0.05, 0.1) is 18.7 Å². The zero-order valence-electron chi connectivity index (χ0n) is 16.2. The van der Waals surface area contributed by atoms with E-state index in [2.05, 4.69) is 0 Å². The highest BCUT2D eigenvalue weighted by molar-refractivity contribution is 6.46. The van der Waals surface area contributed by atoms with Gasteiger partial charge in [0, 0.05) is 30.8 Å². The number of hydrogen-bond acceptors (Lipinski definition) is 5. The van der Waals surface area contributed by atoms with Crippen LogP contribution in [-0.2, 0) is 14.3 Å². The molecule has 1 unspecified atom stereocenters. The summed E-state index contributed by atoms with van der Waals surface area (Å²) < 4.78 is 10.2. The summed E-state index contributed by atoms with van der Waals surface area (Å²) in [4.78, 5) is 27.1. The second-order valence-electron chi connectivity index (χ2n) is 6.62. The quantitative estimate of drug-likeness (QED) is 0.322. The molecular weight excluding hydrogens is 394 g/mol. The smallest absolute Gasteiger partial charge is 0.295 e. The number of amides is 1. The number of ether oxygens (including phenoxy) is 2. The Kier molecular flexibility index (Phi) is 6.56. The molecule has 0 aliphatic carbocycles. The van der Waals surface area contributed by atoms with E-state index in [0.29, 0.717) is 41.5 Å². The first-order chi connectivity index (χ1) is 14.0. The number of carbonyl (C=O) groups is 2. The minimum absolute atomic E-state index is 0.0415. The van der Waals surface area contributed by atoms with E-state index in [0.717, 1.165) is 0 Å². The lowest BCUT2D eigenvalue weighted by atomic mass is 9.95. The van der Waals surface area contributed by atoms with Gasteiger partial charge in [-0.25, -0.2) is 0 Å². The topological polar surface area (TPSA) is 76.1 Å². The Morgan fingerprint density at radius 2 is 1.86 bits per heavy atom. The Balaban J connectivity index is 2.10. The third-order valence-corrected chi connectivity index (χ3v) is 5.05. The molecule has 0 saturated carbocycles. The van der Waals surface area contributed by atoms with Crippen molar-refractivity contribution in [2.24, 2.45) is 0 Å². The normalized spacial score (nSPS) is 18.3. The van der Waals surface area contributed by atoms with Crippen LogP contribution in [0.3, 0.4) is 0 Å². The van der Waals surface area contributed by atoms with Crippen molar-refractivity contribution in [1.82, 2.24) is 4.90 Å². The van der Waals surface area contributed by atoms with E-state index < -0.39 is 17.7 Å². The van der Waals surface area contributed by atoms with Crippen LogP contribution >= 0.6 is 11.6 Å². The number of likely N-dealkylation sites (tertiary alicyclic amines) is 1. The molecule has 0 spiro atoms. The van der Waals surface area contributed by atoms with Crippen molar-refractivity contribution < 1.29 is 24.2 Å². The van der Waals surface area contributed by atoms with Crippen LogP contribution < -0.4 is 4.74 Å². The predicted molar refractivity (Wildman–Crippen MR) is 110 cm³/mol. The number of aliphatic hydroxyl groups excluding tert-OH is 1. The highest BCUT2D eigenvalue weighted by Crippen LogP contribution is 2.40. The summed E-state index contributed by atoms with van der Waals surface area (Å²) in [6.45, 7) is 0.763. The third-order valence-electron chi connectivity index (χ3n) is 4.82. The van der Waals surface area contributed by atoms with Gasteiger partial charge in [-0.1, -0.05) is 23.7 Å². The standard InChI is InChI=1S/C22H22ClNO5/c1-28-12-4-11-24-19(15-5-3-6-16(23)13-15)18(21(26)22(24)27)20(25)14-7-9-17(29-2)10-8-14/h3,5-10,13,19,25H,4,11-12H2,1-2H3/b20-18+. The second kappa shape index (κ2) is 9.11. The zero-order chi connectivity index (χ0) is 21.0. The third kappa shape index (κ3) is 4.28. The molecule has 0 aromatic heterocycles. The lowest BCUT2D eigenvalue weighted by Gasteiger charge is -2.25. The second-order valence-corrected chi connectivity index (χ2v) is 7.06. The van der Waals surface area contributed by atoms with Gasteiger partial charge < -0.3 is 19.5 Å². The van der Waals surface area contributed by atoms with Crippen LogP contribution in [0.2, 0.25) is 5.02 Å². The number of carbonyl (C=O) groups excluding carboxylic acids is 2. The fourth-order valence-electron chi connectivity index (χ4n) is 3.42. The first-order valence-electron chi connectivity index (χ1n) is 9.15. The minimum Gasteiger partial charge on any atom is -0.507 e. The predicted octanol–water partition coefficient (Wildman–Crippen LogP) is 3.81. The molecule has 6 nitrogen and oxygen atoms in total. The van der Waals surface area contributed by atoms with Crippen LogP contribution in [0, 0.1) is 0 Å². The van der Waals surface area contributed by atoms with Gasteiger partial charge >= 0.3 is 0 Å². The zero-order valence-corrected chi connectivity index (χ0v) is 17.0. The first-order valence-corrected chi connectivity index (χ1v) is 9.53. The highest BCUT2D eigenvalue weighted by Gasteiger charge is 2.45. The molecule has 29 heavy (non-hydrogen) atoms. The molecule has 1 aliphatic heterocycles. The molecule has 1 amide bonds. The maximum Gasteiger partial charge on any atom is 0.295 e. The number of nitrogens with zero attached hydrogens (tertiary/aromatic N) is 1. The number of halogens is 1. The molecule has 0 bridgehead atoms. The monoisotopic (exact) mass is 415 g/mol. The molecule has 0 radical (unpaired) electrons. The molecule has 1 atom stereocenters. The van der Waals surface area contributed by atoms with E-state index >= 15 is 0 Å². The number of ketones is 1. The Bertz CT molecular complexity index is 938. The fourth-order valence-corrected chi connectivity index (χ4v) is 3.62. The molecule has 1 saturated heterocycles. The van der Waals surface area contributed by atoms with Crippen LogP contribution in [0.1, 0.15) is 23.6 Å². The molecule has 1 aliphatic rings. The van der Waals surface area contributed by atoms with Crippen molar-refractivity contribution in [3.8, 4) is 5.75 Å². The van der Waals surface area contributed by atoms with Gasteiger partial charge in [0.25, 0.3) is 11.7 Å². The number of Topliss-reactive ketones (excluding diaryl/α,β-unsaturated/α-hetero) is 1. The number of benzene rings is 2. The minimum atomic E-state index is -0.729. The summed E-state index contributed by atoms with van der Waals surface area (Å²) in [5.74, 6) is -0.986. The van der Waals surface area contributed by atoms with Crippen LogP contribution in [0.5, 0.6) is 5.75 Å². The first kappa shape index (κ1) is 20.9. The summed E-state index contributed by atoms with van der Waals surface area (Å²) in [7, 11) is 3.12. The average molecular weight is 416 g/mol. The van der Waals surface area contributed by atoms with Gasteiger partial charge in [0.1, 0.15) is 11.5 Å². The molecule has 152 valence electrons. The summed E-state index contributed by atoms with van der Waals surface area (Å²) >= 11 is 6.15. The average Bonchev–Trinajstić information content (AvgIpc) is 2.98. The van der Waals surface area contributed by atoms with Crippen LogP contribution in [0.15, 0.2) is 54.1 Å². The maximum atomic E-state index is 12.9. The molecule has 2 aromatic carbocycles. The van der Waals surface area contributed by atoms with Crippen molar-refractivity contribution in [1.29, 1.82) is 0 Å². The molecular formula is C22H22ClNO5. The number of rotatable bonds is 7. The summed E-state index contributed by atoms with van der Waals surface area (Å²) in [5, 5.41) is 11.4. The molecule has 7 heteroatoms. The molecule has 3 rings (SSSR count). The number of hydrogen-bond donors (Lipinski definition) is 1. The largest absolute Gasteiger partial charge is 0.507 e. The van der Waals surface area contributed by atoms with Crippen molar-refractivity contribution >= 4 is 29.1 Å². The van der Waals surface area contributed by atoms with Gasteiger partial charge in [-0.05, 0) is 48.4 Å². The summed E-state index contributed by atoms with van der Waals surface area (Å²) in [5.41, 5.74) is 1.12. The number of aliphatic hydroxyl groups is 1. The van der Waals surface area contributed by atoms with E-state index in [1.165, 1.54) is 4.90 Å². The van der Waals surface area contributed by atoms with E-state index in [1.54, 1.807) is 62.8 Å². The lowest BCUT2D eigenvalue weighted by Crippen LogP contribution is -2.31. The molecule has 1 heterocycles. The van der Waals surface area contributed by atoms with E-state index in [1.807, 2.05) is 0 Å². The highest BCUT2D eigenvalue weighted by atomic mass is 35.5. The Morgan fingerprint density at radius 3 is 2.48 bits per heavy atom. The van der Waals surface area contributed by atoms with Gasteiger partial charge in [-0.2, -0.15) is 0 Å². The van der Waals surface area contributed by atoms with Crippen molar-refractivity contribution in [2.75, 3.05) is 27.4 Å². The van der Waals surface area contributed by atoms with E-state index in [-0.39, 0.29) is 11.3 Å². The van der Waals surface area contributed by atoms with Gasteiger partial charge in [-0.3, -0.25) is 9.59 Å². The Labute approximate surface area is 174 Å². The summed E-state index contributed by atoms with van der Waals surface area (Å²) in [6.07, 6.45) is 0.559. The van der Waals surface area contributed by atoms with Crippen molar-refractivity contribution in [2.45, 2.75) is 12.5 Å². The summed E-state index contributed by atoms with van der Waals surface area (Å²) in [6, 6.07) is 12.9. The van der Waals surface area contributed by atoms with Gasteiger partial charge in [0.2, 0.25) is 0 Å². The number of methoxy groups -OCH3 is 2. The van der Waals surface area contributed by atoms with Gasteiger partial charge in [-0.15, -0.1) is 0 Å². The van der Waals surface area contributed by atoms with Gasteiger partial charge in [0.15, 0.2) is 0 Å². The Hall–Kier alpha value is -2.83. The lowest BCUT2D eigenvalue weighted by molar-refractivity contribution is -0.140.